The summed E-state index contributed by atoms with van der Waals surface area (Å²) in [5.41, 5.74) is 8.24. The van der Waals surface area contributed by atoms with Crippen LogP contribution in [0.3, 0.4) is 0 Å². The van der Waals surface area contributed by atoms with Crippen molar-refractivity contribution >= 4 is 43.4 Å². The molecule has 2 unspecified atom stereocenters. The van der Waals surface area contributed by atoms with Crippen LogP contribution in [0, 0.1) is 11.7 Å². The fourth-order valence-electron chi connectivity index (χ4n) is 6.99. The molecule has 220 valence electrons. The van der Waals surface area contributed by atoms with Crippen molar-refractivity contribution in [1.29, 1.82) is 0 Å². The van der Waals surface area contributed by atoms with Crippen LogP contribution >= 0.6 is 11.3 Å². The van der Waals surface area contributed by atoms with Crippen LogP contribution in [-0.2, 0) is 6.54 Å². The highest BCUT2D eigenvalue weighted by Gasteiger charge is 2.35. The van der Waals surface area contributed by atoms with Crippen LogP contribution in [0.25, 0.3) is 32.4 Å². The zero-order valence-corrected chi connectivity index (χ0v) is 24.5. The van der Waals surface area contributed by atoms with E-state index in [9.17, 15) is 9.18 Å². The summed E-state index contributed by atoms with van der Waals surface area (Å²) in [4.78, 5) is 33.3. The summed E-state index contributed by atoms with van der Waals surface area (Å²) in [6.07, 6.45) is 6.63. The molecule has 4 fully saturated rings. The Morgan fingerprint density at radius 1 is 1.12 bits per heavy atom. The molecule has 10 nitrogen and oxygen atoms in total. The first-order chi connectivity index (χ1) is 20.4. The van der Waals surface area contributed by atoms with Gasteiger partial charge in [0.15, 0.2) is 5.13 Å². The average Bonchev–Trinajstić information content (AvgIpc) is 3.41. The van der Waals surface area contributed by atoms with E-state index >= 15 is 0 Å². The number of piperazine rings is 1. The van der Waals surface area contributed by atoms with Crippen molar-refractivity contribution in [3.05, 3.63) is 34.4 Å². The third kappa shape index (κ3) is 4.60. The molecule has 42 heavy (non-hydrogen) atoms. The van der Waals surface area contributed by atoms with Gasteiger partial charge < -0.3 is 30.2 Å². The van der Waals surface area contributed by atoms with Gasteiger partial charge in [-0.05, 0) is 76.2 Å². The van der Waals surface area contributed by atoms with Crippen molar-refractivity contribution in [2.75, 3.05) is 43.9 Å². The third-order valence-corrected chi connectivity index (χ3v) is 10.3. The molecule has 4 aliphatic rings. The number of thiazole rings is 1. The lowest BCUT2D eigenvalue weighted by Gasteiger charge is -2.34. The molecular weight excluding hydrogens is 555 g/mol. The van der Waals surface area contributed by atoms with Gasteiger partial charge in [-0.2, -0.15) is 9.97 Å². The van der Waals surface area contributed by atoms with Crippen LogP contribution in [0.4, 0.5) is 15.3 Å². The fourth-order valence-corrected chi connectivity index (χ4v) is 7.76. The number of halogens is 1. The normalized spacial score (nSPS) is 24.3. The number of pyridine rings is 1. The first-order valence-corrected chi connectivity index (χ1v) is 15.9. The highest BCUT2D eigenvalue weighted by Crippen LogP contribution is 2.38. The van der Waals surface area contributed by atoms with Crippen LogP contribution in [0.1, 0.15) is 38.5 Å². The molecule has 3 aliphatic heterocycles. The topological polar surface area (TPSA) is 114 Å². The van der Waals surface area contributed by atoms with E-state index in [1.54, 1.807) is 6.07 Å². The van der Waals surface area contributed by atoms with E-state index in [4.69, 9.17) is 20.4 Å². The monoisotopic (exact) mass is 590 g/mol. The van der Waals surface area contributed by atoms with Crippen molar-refractivity contribution in [2.45, 2.75) is 63.2 Å². The number of anilines is 2. The Hall–Kier alpha value is -3.35. The van der Waals surface area contributed by atoms with E-state index in [1.165, 1.54) is 6.07 Å². The minimum atomic E-state index is -0.370. The number of likely N-dealkylation sites (N-methyl/N-ethyl adjacent to an activating group) is 1. The molecule has 0 spiro atoms. The van der Waals surface area contributed by atoms with E-state index in [1.807, 2.05) is 10.6 Å². The Kier molecular flexibility index (Phi) is 6.34. The van der Waals surface area contributed by atoms with Crippen LogP contribution in [0.5, 0.6) is 6.01 Å². The Labute approximate surface area is 246 Å². The van der Waals surface area contributed by atoms with Gasteiger partial charge in [-0.15, -0.1) is 0 Å². The number of nitrogens with zero attached hydrogens (tertiary/aromatic N) is 6. The lowest BCUT2D eigenvalue weighted by molar-refractivity contribution is 0.188. The second-order valence-electron chi connectivity index (χ2n) is 12.4. The molecule has 6 heterocycles. The SMILES string of the molecule is CN1CCC[C@H]1COc1nc(N2CC3CCC(C2)N3)c2c(=O)n(CC3CC3)c(-c3ccc(F)c4sc(N)nc34)cc2n1. The van der Waals surface area contributed by atoms with Gasteiger partial charge in [-0.1, -0.05) is 11.3 Å². The molecule has 1 saturated carbocycles. The van der Waals surface area contributed by atoms with Gasteiger partial charge in [-0.3, -0.25) is 4.79 Å². The van der Waals surface area contributed by atoms with Gasteiger partial charge in [-0.25, -0.2) is 9.37 Å². The summed E-state index contributed by atoms with van der Waals surface area (Å²) in [6, 6.07) is 6.42. The predicted octanol–water partition coefficient (Wildman–Crippen LogP) is 3.61. The number of hydrogen-bond donors (Lipinski definition) is 2. The Balaban J connectivity index is 1.31. The number of likely N-dealkylation sites (tertiary alicyclic amines) is 1. The smallest absolute Gasteiger partial charge is 0.319 e. The van der Waals surface area contributed by atoms with Crippen LogP contribution in [0.15, 0.2) is 23.0 Å². The summed E-state index contributed by atoms with van der Waals surface area (Å²) in [7, 11) is 2.12. The molecule has 1 aliphatic carbocycles. The standard InChI is InChI=1S/C30H35FN8O2S/c1-37-10-2-3-19(37)15-41-30-34-22-11-23(20-8-9-21(31)26-25(20)35-29(32)42-26)39(12-16-4-5-16)28(40)24(22)27(36-30)38-13-17-6-7-18(14-38)33-17/h8-9,11,16-19,33H,2-7,10,12-15H2,1H3,(H2,32,35)/t17?,18?,19-/m0/s1. The summed E-state index contributed by atoms with van der Waals surface area (Å²) in [6.45, 7) is 3.71. The maximum Gasteiger partial charge on any atom is 0.319 e. The van der Waals surface area contributed by atoms with Crippen molar-refractivity contribution in [2.24, 2.45) is 5.92 Å². The Morgan fingerprint density at radius 2 is 1.93 bits per heavy atom. The maximum absolute atomic E-state index is 14.8. The molecule has 1 aromatic carbocycles. The van der Waals surface area contributed by atoms with Gasteiger partial charge in [0.05, 0.1) is 21.4 Å². The van der Waals surface area contributed by atoms with E-state index in [0.717, 1.165) is 69.5 Å². The van der Waals surface area contributed by atoms with E-state index in [0.29, 0.717) is 80.5 Å². The zero-order chi connectivity index (χ0) is 28.5. The second kappa shape index (κ2) is 10.1. The van der Waals surface area contributed by atoms with Crippen molar-refractivity contribution < 1.29 is 9.13 Å². The van der Waals surface area contributed by atoms with Crippen LogP contribution < -0.4 is 26.2 Å². The zero-order valence-electron chi connectivity index (χ0n) is 23.7. The maximum atomic E-state index is 14.8. The Bertz CT molecular complexity index is 1740. The number of ether oxygens (including phenoxy) is 1. The highest BCUT2D eigenvalue weighted by molar-refractivity contribution is 7.22. The molecule has 3 atom stereocenters. The molecule has 3 N–H and O–H groups in total. The average molecular weight is 591 g/mol. The highest BCUT2D eigenvalue weighted by atomic mass is 32.1. The first-order valence-electron chi connectivity index (χ1n) is 15.1. The van der Waals surface area contributed by atoms with Crippen LogP contribution in [0.2, 0.25) is 0 Å². The van der Waals surface area contributed by atoms with Crippen molar-refractivity contribution in [3.8, 4) is 17.3 Å². The van der Waals surface area contributed by atoms with E-state index in [2.05, 4.69) is 27.1 Å². The Morgan fingerprint density at radius 3 is 2.67 bits per heavy atom. The fraction of sp³-hybridized carbons (Fsp3) is 0.533. The number of nitrogen functional groups attached to an aromatic ring is 1. The van der Waals surface area contributed by atoms with Gasteiger partial charge >= 0.3 is 6.01 Å². The number of benzene rings is 1. The number of nitrogens with two attached hydrogens (primary N) is 1. The quantitative estimate of drug-likeness (QED) is 0.333. The lowest BCUT2D eigenvalue weighted by atomic mass is 10.1. The van der Waals surface area contributed by atoms with E-state index < -0.39 is 0 Å². The van der Waals surface area contributed by atoms with E-state index in [-0.39, 0.29) is 17.4 Å². The van der Waals surface area contributed by atoms with Gasteiger partial charge in [0, 0.05) is 43.3 Å². The summed E-state index contributed by atoms with van der Waals surface area (Å²) >= 11 is 1.12. The third-order valence-electron chi connectivity index (χ3n) is 9.44. The molecule has 4 aromatic rings. The number of nitrogens with one attached hydrogen (secondary N) is 1. The van der Waals surface area contributed by atoms with Crippen LogP contribution in [-0.4, -0.2) is 75.8 Å². The summed E-state index contributed by atoms with van der Waals surface area (Å²) < 4.78 is 23.2. The first kappa shape index (κ1) is 26.3. The van der Waals surface area contributed by atoms with Gasteiger partial charge in [0.25, 0.3) is 5.56 Å². The minimum absolute atomic E-state index is 0.127. The lowest BCUT2D eigenvalue weighted by Crippen LogP contribution is -2.51. The van der Waals surface area contributed by atoms with Crippen molar-refractivity contribution in [3.63, 3.8) is 0 Å². The van der Waals surface area contributed by atoms with Gasteiger partial charge in [0.2, 0.25) is 0 Å². The van der Waals surface area contributed by atoms with Gasteiger partial charge in [0.1, 0.15) is 23.6 Å². The second-order valence-corrected chi connectivity index (χ2v) is 13.5. The summed E-state index contributed by atoms with van der Waals surface area (Å²) in [5, 5.41) is 4.49. The largest absolute Gasteiger partial charge is 0.462 e. The number of aromatic nitrogens is 4. The van der Waals surface area contributed by atoms with Crippen molar-refractivity contribution in [1.82, 2.24) is 29.7 Å². The number of fused-ring (bicyclic) bond motifs is 4. The minimum Gasteiger partial charge on any atom is -0.462 e. The number of rotatable bonds is 7. The molecule has 0 amide bonds. The predicted molar refractivity (Wildman–Crippen MR) is 163 cm³/mol. The number of hydrogen-bond acceptors (Lipinski definition) is 10. The molecule has 12 heteroatoms. The molecule has 3 aromatic heterocycles. The summed E-state index contributed by atoms with van der Waals surface area (Å²) in [5.74, 6) is 0.711. The molecule has 2 bridgehead atoms. The molecular formula is C30H35FN8O2S. The molecule has 0 radical (unpaired) electrons. The molecule has 8 rings (SSSR count). The molecule has 3 saturated heterocycles.